The van der Waals surface area contributed by atoms with Crippen LogP contribution in [0.1, 0.15) is 187 Å². The lowest BCUT2D eigenvalue weighted by Crippen LogP contribution is -2.37. The first-order chi connectivity index (χ1) is 27.5. The number of esters is 2. The smallest absolute Gasteiger partial charge is 0.462 e. The summed E-state index contributed by atoms with van der Waals surface area (Å²) in [6.45, 7) is 4.32. The van der Waals surface area contributed by atoms with E-state index in [1.807, 2.05) is 33.3 Å². The van der Waals surface area contributed by atoms with Gasteiger partial charge in [-0.25, -0.2) is 4.57 Å². The summed E-state index contributed by atoms with van der Waals surface area (Å²) >= 11 is 0. The Morgan fingerprint density at radius 2 is 1.04 bits per heavy atom. The Kier molecular flexibility index (Phi) is 38.0. The molecule has 9 nitrogen and oxygen atoms in total. The minimum Gasteiger partial charge on any atom is -0.462 e. The maximum absolute atomic E-state index is 12.6. The maximum Gasteiger partial charge on any atom is 0.472 e. The van der Waals surface area contributed by atoms with Gasteiger partial charge in [0.1, 0.15) is 19.8 Å². The Balaban J connectivity index is 4.35. The third kappa shape index (κ3) is 43.4. The van der Waals surface area contributed by atoms with Crippen LogP contribution in [-0.2, 0) is 32.7 Å². The monoisotopic (exact) mass is 825 g/mol. The molecule has 0 bridgehead atoms. The Bertz CT molecular complexity index is 1110. The molecular formula is C47H87NO8P+. The molecule has 0 aliphatic rings. The van der Waals surface area contributed by atoms with Crippen LogP contribution in [0.2, 0.25) is 0 Å². The average Bonchev–Trinajstić information content (AvgIpc) is 3.16. The summed E-state index contributed by atoms with van der Waals surface area (Å²) in [6.07, 6.45) is 46.0. The molecule has 2 unspecified atom stereocenters. The number of ether oxygens (including phenoxy) is 2. The number of quaternary nitrogens is 1. The first kappa shape index (κ1) is 55.0. The number of hydrogen-bond donors (Lipinski definition) is 1. The Morgan fingerprint density at radius 3 is 1.58 bits per heavy atom. The summed E-state index contributed by atoms with van der Waals surface area (Å²) in [5, 5.41) is 0. The van der Waals surface area contributed by atoms with E-state index in [-0.39, 0.29) is 32.0 Å². The van der Waals surface area contributed by atoms with Crippen LogP contribution >= 0.6 is 7.82 Å². The molecule has 10 heteroatoms. The van der Waals surface area contributed by atoms with E-state index in [1.54, 1.807) is 0 Å². The number of unbranched alkanes of at least 4 members (excludes halogenated alkanes) is 20. The molecule has 0 aromatic carbocycles. The Labute approximate surface area is 350 Å². The molecule has 0 fully saturated rings. The van der Waals surface area contributed by atoms with Crippen LogP contribution in [0.25, 0.3) is 0 Å². The van der Waals surface area contributed by atoms with Gasteiger partial charge in [-0.3, -0.25) is 18.6 Å². The number of carbonyl (C=O) groups excluding carboxylic acids is 2. The van der Waals surface area contributed by atoms with Crippen molar-refractivity contribution in [2.24, 2.45) is 0 Å². The van der Waals surface area contributed by atoms with Gasteiger partial charge in [-0.1, -0.05) is 165 Å². The van der Waals surface area contributed by atoms with Gasteiger partial charge < -0.3 is 18.9 Å². The summed E-state index contributed by atoms with van der Waals surface area (Å²) < 4.78 is 34.2. The second-order valence-electron chi connectivity index (χ2n) is 16.5. The molecule has 0 saturated carbocycles. The summed E-state index contributed by atoms with van der Waals surface area (Å²) in [6, 6.07) is 0. The van der Waals surface area contributed by atoms with Crippen molar-refractivity contribution in [3.8, 4) is 0 Å². The third-order valence-electron chi connectivity index (χ3n) is 9.62. The fourth-order valence-corrected chi connectivity index (χ4v) is 6.74. The topological polar surface area (TPSA) is 108 Å². The summed E-state index contributed by atoms with van der Waals surface area (Å²) in [5.74, 6) is -0.881. The second-order valence-corrected chi connectivity index (χ2v) is 17.9. The summed E-state index contributed by atoms with van der Waals surface area (Å²) in [5.41, 5.74) is 0. The normalized spacial score (nSPS) is 14.0. The van der Waals surface area contributed by atoms with Gasteiger partial charge in [0.25, 0.3) is 0 Å². The van der Waals surface area contributed by atoms with Crippen LogP contribution in [-0.4, -0.2) is 74.9 Å². The van der Waals surface area contributed by atoms with Gasteiger partial charge in [-0.15, -0.1) is 0 Å². The number of carbonyl (C=O) groups is 2. The van der Waals surface area contributed by atoms with Crippen molar-refractivity contribution in [2.75, 3.05) is 47.5 Å². The minimum atomic E-state index is -4.39. The average molecular weight is 825 g/mol. The van der Waals surface area contributed by atoms with Crippen molar-refractivity contribution in [1.82, 2.24) is 0 Å². The molecule has 1 N–H and O–H groups in total. The number of phosphoric acid groups is 1. The first-order valence-corrected chi connectivity index (χ1v) is 24.4. The number of likely N-dealkylation sites (N-methyl/N-ethyl adjacent to an activating group) is 1. The van der Waals surface area contributed by atoms with E-state index in [9.17, 15) is 19.0 Å². The highest BCUT2D eigenvalue weighted by molar-refractivity contribution is 7.47. The predicted molar refractivity (Wildman–Crippen MR) is 238 cm³/mol. The summed E-state index contributed by atoms with van der Waals surface area (Å²) in [4.78, 5) is 35.3. The third-order valence-corrected chi connectivity index (χ3v) is 10.6. The molecule has 2 atom stereocenters. The molecular weight excluding hydrogens is 737 g/mol. The van der Waals surface area contributed by atoms with Gasteiger partial charge in [0.05, 0.1) is 27.7 Å². The molecule has 0 spiro atoms. The highest BCUT2D eigenvalue weighted by Crippen LogP contribution is 2.43. The van der Waals surface area contributed by atoms with Crippen LogP contribution in [0, 0.1) is 0 Å². The molecule has 0 radical (unpaired) electrons. The van der Waals surface area contributed by atoms with Crippen LogP contribution in [0.5, 0.6) is 0 Å². The highest BCUT2D eigenvalue weighted by atomic mass is 31.2. The van der Waals surface area contributed by atoms with Crippen LogP contribution in [0.4, 0.5) is 0 Å². The van der Waals surface area contributed by atoms with E-state index < -0.39 is 26.5 Å². The first-order valence-electron chi connectivity index (χ1n) is 22.9. The number of allylic oxidation sites excluding steroid dienone is 8. The molecule has 57 heavy (non-hydrogen) atoms. The molecule has 0 heterocycles. The zero-order valence-corrected chi connectivity index (χ0v) is 38.2. The summed E-state index contributed by atoms with van der Waals surface area (Å²) in [7, 11) is 1.44. The van der Waals surface area contributed by atoms with Gasteiger partial charge in [-0.05, 0) is 57.8 Å². The SMILES string of the molecule is CCCCCC/C=C/C=C/CCCCCCCCCCCCC(=O)OCC(COP(=O)(O)OCC[N+](C)(C)C)OC(=O)CC/C=C/C/C=C/CCCCCCCC. The Hall–Kier alpha value is -2.03. The fraction of sp³-hybridized carbons (Fsp3) is 0.787. The standard InChI is InChI=1S/C47H86NO8P/c1-6-8-10-12-14-16-18-20-21-22-23-24-25-26-28-29-31-33-35-37-39-46(49)53-43-45(44-55-57(51,52)54-42-41-48(3,4)5)56-47(50)40-38-36-34-32-30-27-19-17-15-13-11-9-7-2/h16,18,20-21,27,30,34,36,45H,6-15,17,19,22-26,28-29,31-33,35,37-44H2,1-5H3/p+1/b18-16+,21-20+,30-27+,36-34+. The van der Waals surface area contributed by atoms with E-state index in [4.69, 9.17) is 18.5 Å². The van der Waals surface area contributed by atoms with Gasteiger partial charge in [0, 0.05) is 12.8 Å². The maximum atomic E-state index is 12.6. The Morgan fingerprint density at radius 1 is 0.561 bits per heavy atom. The number of nitrogens with zero attached hydrogens (tertiary/aromatic N) is 1. The van der Waals surface area contributed by atoms with Crippen LogP contribution in [0.15, 0.2) is 48.6 Å². The van der Waals surface area contributed by atoms with Crippen molar-refractivity contribution in [3.05, 3.63) is 48.6 Å². The minimum absolute atomic E-state index is 0.0209. The molecule has 0 aromatic rings. The van der Waals surface area contributed by atoms with Crippen molar-refractivity contribution < 1.29 is 42.1 Å². The van der Waals surface area contributed by atoms with E-state index in [2.05, 4.69) is 50.3 Å². The second kappa shape index (κ2) is 39.4. The van der Waals surface area contributed by atoms with E-state index >= 15 is 0 Å². The zero-order valence-electron chi connectivity index (χ0n) is 37.3. The molecule has 332 valence electrons. The van der Waals surface area contributed by atoms with E-state index in [0.717, 1.165) is 38.5 Å². The largest absolute Gasteiger partial charge is 0.472 e. The van der Waals surface area contributed by atoms with Crippen molar-refractivity contribution in [2.45, 2.75) is 193 Å². The van der Waals surface area contributed by atoms with Gasteiger partial charge in [-0.2, -0.15) is 0 Å². The van der Waals surface area contributed by atoms with E-state index in [1.165, 1.54) is 116 Å². The molecule has 0 rings (SSSR count). The zero-order chi connectivity index (χ0) is 42.1. The molecule has 0 saturated heterocycles. The lowest BCUT2D eigenvalue weighted by Gasteiger charge is -2.24. The van der Waals surface area contributed by atoms with Gasteiger partial charge >= 0.3 is 19.8 Å². The quantitative estimate of drug-likeness (QED) is 0.0162. The highest BCUT2D eigenvalue weighted by Gasteiger charge is 2.27. The van der Waals surface area contributed by atoms with Crippen LogP contribution < -0.4 is 0 Å². The molecule has 0 aromatic heterocycles. The van der Waals surface area contributed by atoms with Crippen molar-refractivity contribution in [3.63, 3.8) is 0 Å². The number of phosphoric ester groups is 1. The fourth-order valence-electron chi connectivity index (χ4n) is 6.00. The van der Waals surface area contributed by atoms with Gasteiger partial charge in [0.15, 0.2) is 6.10 Å². The molecule has 0 amide bonds. The number of hydrogen-bond acceptors (Lipinski definition) is 7. The van der Waals surface area contributed by atoms with Crippen molar-refractivity contribution in [1.29, 1.82) is 0 Å². The van der Waals surface area contributed by atoms with Crippen LogP contribution in [0.3, 0.4) is 0 Å². The lowest BCUT2D eigenvalue weighted by molar-refractivity contribution is -0.870. The van der Waals surface area contributed by atoms with Gasteiger partial charge in [0.2, 0.25) is 0 Å². The predicted octanol–water partition coefficient (Wildman–Crippen LogP) is 13.1. The van der Waals surface area contributed by atoms with E-state index in [0.29, 0.717) is 17.4 Å². The lowest BCUT2D eigenvalue weighted by atomic mass is 10.1. The molecule has 0 aliphatic heterocycles. The van der Waals surface area contributed by atoms with Crippen molar-refractivity contribution >= 4 is 19.8 Å². The molecule has 0 aliphatic carbocycles. The number of rotatable bonds is 41.